The van der Waals surface area contributed by atoms with Gasteiger partial charge in [-0.1, -0.05) is 18.2 Å². The first kappa shape index (κ1) is 16.2. The molecule has 1 aromatic heterocycles. The second-order valence-electron chi connectivity index (χ2n) is 4.80. The van der Waals surface area contributed by atoms with Gasteiger partial charge < -0.3 is 10.1 Å². The number of anilines is 1. The molecule has 0 spiro atoms. The monoisotopic (exact) mass is 321 g/mol. The van der Waals surface area contributed by atoms with Gasteiger partial charge in [0.15, 0.2) is 0 Å². The lowest BCUT2D eigenvalue weighted by atomic mass is 10.1. The predicted molar refractivity (Wildman–Crippen MR) is 83.9 cm³/mol. The van der Waals surface area contributed by atoms with Crippen molar-refractivity contribution >= 4 is 28.2 Å². The van der Waals surface area contributed by atoms with Gasteiger partial charge in [0.1, 0.15) is 10.8 Å². The van der Waals surface area contributed by atoms with Crippen molar-refractivity contribution in [2.75, 3.05) is 12.4 Å². The molecular weight excluding hydrogens is 305 g/mol. The summed E-state index contributed by atoms with van der Waals surface area (Å²) in [5.41, 5.74) is 1.44. The number of amides is 1. The van der Waals surface area contributed by atoms with Gasteiger partial charge in [-0.3, -0.25) is 4.79 Å². The molecule has 0 unspecified atom stereocenters. The van der Waals surface area contributed by atoms with Gasteiger partial charge in [-0.25, -0.2) is 9.18 Å². The molecular formula is C16H16FNO3S. The van der Waals surface area contributed by atoms with Crippen molar-refractivity contribution in [3.8, 4) is 0 Å². The first-order valence-electron chi connectivity index (χ1n) is 6.65. The first-order chi connectivity index (χ1) is 10.4. The maximum Gasteiger partial charge on any atom is 0.341 e. The number of aryl methyl sites for hydroxylation is 1. The van der Waals surface area contributed by atoms with Crippen LogP contribution in [-0.2, 0) is 16.0 Å². The lowest BCUT2D eigenvalue weighted by Crippen LogP contribution is -2.16. The zero-order valence-electron chi connectivity index (χ0n) is 12.5. The molecule has 4 nitrogen and oxygen atoms in total. The minimum absolute atomic E-state index is 0.0940. The van der Waals surface area contributed by atoms with Crippen LogP contribution in [0.2, 0.25) is 0 Å². The second-order valence-corrected chi connectivity index (χ2v) is 6.02. The number of thiophene rings is 1. The number of esters is 1. The van der Waals surface area contributed by atoms with Gasteiger partial charge in [0, 0.05) is 4.88 Å². The molecule has 1 aromatic carbocycles. The molecule has 1 heterocycles. The maximum absolute atomic E-state index is 13.6. The largest absolute Gasteiger partial charge is 0.465 e. The van der Waals surface area contributed by atoms with Gasteiger partial charge in [-0.05, 0) is 31.0 Å². The van der Waals surface area contributed by atoms with Crippen LogP contribution in [0.1, 0.15) is 26.4 Å². The molecule has 116 valence electrons. The van der Waals surface area contributed by atoms with E-state index in [-0.39, 0.29) is 12.3 Å². The molecule has 0 aliphatic carbocycles. The highest BCUT2D eigenvalue weighted by Gasteiger charge is 2.21. The highest BCUT2D eigenvalue weighted by molar-refractivity contribution is 7.16. The van der Waals surface area contributed by atoms with E-state index < -0.39 is 11.8 Å². The Labute approximate surface area is 131 Å². The van der Waals surface area contributed by atoms with Crippen LogP contribution in [0.25, 0.3) is 0 Å². The summed E-state index contributed by atoms with van der Waals surface area (Å²) in [5, 5.41) is 3.11. The van der Waals surface area contributed by atoms with Crippen molar-refractivity contribution in [3.63, 3.8) is 0 Å². The third-order valence-corrected chi connectivity index (χ3v) is 4.46. The molecule has 0 saturated heterocycles. The standard InChI is InChI=1S/C16H16FNO3S/c1-9-10(2)22-15(14(9)16(20)21-3)18-13(19)8-11-6-4-5-7-12(11)17/h4-7H,8H2,1-3H3,(H,18,19). The number of hydrogen-bond donors (Lipinski definition) is 1. The number of nitrogens with one attached hydrogen (secondary N) is 1. The van der Waals surface area contributed by atoms with E-state index in [9.17, 15) is 14.0 Å². The van der Waals surface area contributed by atoms with E-state index in [4.69, 9.17) is 4.74 Å². The van der Waals surface area contributed by atoms with Gasteiger partial charge in [0.25, 0.3) is 0 Å². The molecule has 0 saturated carbocycles. The molecule has 22 heavy (non-hydrogen) atoms. The number of benzene rings is 1. The van der Waals surface area contributed by atoms with E-state index >= 15 is 0 Å². The van der Waals surface area contributed by atoms with Crippen molar-refractivity contribution in [3.05, 3.63) is 51.7 Å². The van der Waals surface area contributed by atoms with Gasteiger partial charge in [0.05, 0.1) is 19.1 Å². The first-order valence-corrected chi connectivity index (χ1v) is 7.47. The number of methoxy groups -OCH3 is 1. The summed E-state index contributed by atoms with van der Waals surface area (Å²) in [6, 6.07) is 6.10. The quantitative estimate of drug-likeness (QED) is 0.877. The topological polar surface area (TPSA) is 55.4 Å². The number of carbonyl (C=O) groups is 2. The van der Waals surface area contributed by atoms with E-state index in [1.165, 1.54) is 24.5 Å². The lowest BCUT2D eigenvalue weighted by Gasteiger charge is -2.07. The molecule has 0 aliphatic rings. The maximum atomic E-state index is 13.6. The highest BCUT2D eigenvalue weighted by atomic mass is 32.1. The summed E-state index contributed by atoms with van der Waals surface area (Å²) in [5.74, 6) is -1.30. The molecule has 0 radical (unpaired) electrons. The van der Waals surface area contributed by atoms with Crippen molar-refractivity contribution in [1.29, 1.82) is 0 Å². The Morgan fingerprint density at radius 2 is 1.95 bits per heavy atom. The Morgan fingerprint density at radius 1 is 1.27 bits per heavy atom. The van der Waals surface area contributed by atoms with Crippen LogP contribution in [0.15, 0.2) is 24.3 Å². The fraction of sp³-hybridized carbons (Fsp3) is 0.250. The fourth-order valence-corrected chi connectivity index (χ4v) is 3.11. The third kappa shape index (κ3) is 3.33. The molecule has 6 heteroatoms. The van der Waals surface area contributed by atoms with Crippen LogP contribution in [0.3, 0.4) is 0 Å². The van der Waals surface area contributed by atoms with Crippen LogP contribution < -0.4 is 5.32 Å². The van der Waals surface area contributed by atoms with Gasteiger partial charge in [-0.2, -0.15) is 0 Å². The Hall–Kier alpha value is -2.21. The Bertz CT molecular complexity index is 724. The minimum atomic E-state index is -0.497. The number of ether oxygens (including phenoxy) is 1. The lowest BCUT2D eigenvalue weighted by molar-refractivity contribution is -0.115. The average Bonchev–Trinajstić information content (AvgIpc) is 2.75. The Morgan fingerprint density at radius 3 is 2.59 bits per heavy atom. The number of hydrogen-bond acceptors (Lipinski definition) is 4. The number of halogens is 1. The van der Waals surface area contributed by atoms with Gasteiger partial charge in [-0.15, -0.1) is 11.3 Å². The predicted octanol–water partition coefficient (Wildman–Crippen LogP) is 3.47. The van der Waals surface area contributed by atoms with Crippen LogP contribution in [0.4, 0.5) is 9.39 Å². The molecule has 2 aromatic rings. The summed E-state index contributed by atoms with van der Waals surface area (Å²) >= 11 is 1.30. The Kier molecular flexibility index (Phi) is 4.92. The van der Waals surface area contributed by atoms with Crippen LogP contribution in [0.5, 0.6) is 0 Å². The Balaban J connectivity index is 2.21. The summed E-state index contributed by atoms with van der Waals surface area (Å²) in [6.07, 6.45) is -0.0940. The highest BCUT2D eigenvalue weighted by Crippen LogP contribution is 2.33. The summed E-state index contributed by atoms with van der Waals surface area (Å²) in [6.45, 7) is 3.66. The molecule has 0 aliphatic heterocycles. The second kappa shape index (κ2) is 6.70. The van der Waals surface area contributed by atoms with Crippen molar-refractivity contribution in [2.45, 2.75) is 20.3 Å². The normalized spacial score (nSPS) is 10.4. The summed E-state index contributed by atoms with van der Waals surface area (Å²) in [7, 11) is 1.29. The molecule has 0 bridgehead atoms. The van der Waals surface area contributed by atoms with Crippen LogP contribution in [-0.4, -0.2) is 19.0 Å². The third-order valence-electron chi connectivity index (χ3n) is 3.34. The molecule has 0 fully saturated rings. The number of rotatable bonds is 4. The van der Waals surface area contributed by atoms with Crippen LogP contribution in [0, 0.1) is 19.7 Å². The van der Waals surface area contributed by atoms with Gasteiger partial charge in [0.2, 0.25) is 5.91 Å². The molecule has 1 N–H and O–H groups in total. The minimum Gasteiger partial charge on any atom is -0.465 e. The summed E-state index contributed by atoms with van der Waals surface area (Å²) < 4.78 is 18.3. The SMILES string of the molecule is COC(=O)c1c(NC(=O)Cc2ccccc2F)sc(C)c1C. The smallest absolute Gasteiger partial charge is 0.341 e. The van der Waals surface area contributed by atoms with E-state index in [0.29, 0.717) is 16.1 Å². The van der Waals surface area contributed by atoms with Crippen LogP contribution >= 0.6 is 11.3 Å². The van der Waals surface area contributed by atoms with Crippen molar-refractivity contribution < 1.29 is 18.7 Å². The van der Waals surface area contributed by atoms with Crippen molar-refractivity contribution in [1.82, 2.24) is 0 Å². The molecule has 1 amide bonds. The molecule has 0 atom stereocenters. The zero-order valence-corrected chi connectivity index (χ0v) is 13.3. The zero-order chi connectivity index (χ0) is 16.3. The molecule has 2 rings (SSSR count). The number of carbonyl (C=O) groups excluding carboxylic acids is 2. The van der Waals surface area contributed by atoms with Crippen molar-refractivity contribution in [2.24, 2.45) is 0 Å². The van der Waals surface area contributed by atoms with Gasteiger partial charge >= 0.3 is 5.97 Å². The van der Waals surface area contributed by atoms with E-state index in [2.05, 4.69) is 5.32 Å². The van der Waals surface area contributed by atoms with E-state index in [1.807, 2.05) is 6.92 Å². The fourth-order valence-electron chi connectivity index (χ4n) is 2.05. The average molecular weight is 321 g/mol. The van der Waals surface area contributed by atoms with E-state index in [0.717, 1.165) is 10.4 Å². The van der Waals surface area contributed by atoms with E-state index in [1.54, 1.807) is 25.1 Å². The summed E-state index contributed by atoms with van der Waals surface area (Å²) in [4.78, 5) is 24.8.